The van der Waals surface area contributed by atoms with Crippen molar-refractivity contribution in [2.75, 3.05) is 6.54 Å². The molecule has 6 aromatic carbocycles. The van der Waals surface area contributed by atoms with Crippen LogP contribution >= 0.6 is 9.24 Å². The van der Waals surface area contributed by atoms with Crippen molar-refractivity contribution >= 4 is 61.4 Å². The van der Waals surface area contributed by atoms with E-state index in [0.717, 1.165) is 57.4 Å². The molecule has 3 nitrogen and oxygen atoms in total. The summed E-state index contributed by atoms with van der Waals surface area (Å²) in [6.45, 7) is 21.4. The lowest BCUT2D eigenvalue weighted by molar-refractivity contribution is 0.718. The molecule has 65 heavy (non-hydrogen) atoms. The van der Waals surface area contributed by atoms with Gasteiger partial charge in [0.15, 0.2) is 11.7 Å². The standard InChI is InChI=1S/C61H62N3P/c1-10-44(39-63-61(47(12-3)32-40(4)5)64-60(62-9)52-20-13-16-41(6)33-52)36-50(25-24-45-17-14-19-51(37-45)55-21-15-18-46(11-2)59(55)65)48-26-28-49(29-27-48)57-38-53-34-42(7)22-30-54(53)58-35-43(8)23-31-56(57)58/h10,12-33,35-38,42H,9,11,34,39,65H2,1-8H3/b25-24+,44-10+,47-12+,50-36+,63-61?,64-60?. The Balaban J connectivity index is 1.31. The van der Waals surface area contributed by atoms with Crippen LogP contribution in [0.2, 0.25) is 0 Å². The first kappa shape index (κ1) is 46.5. The van der Waals surface area contributed by atoms with Gasteiger partial charge in [0.1, 0.15) is 0 Å². The molecule has 2 atom stereocenters. The third kappa shape index (κ3) is 11.2. The van der Waals surface area contributed by atoms with E-state index >= 15 is 0 Å². The van der Waals surface area contributed by atoms with Gasteiger partial charge in [0, 0.05) is 11.1 Å². The Labute approximate surface area is 390 Å². The zero-order valence-electron chi connectivity index (χ0n) is 39.4. The summed E-state index contributed by atoms with van der Waals surface area (Å²) >= 11 is 0. The fraction of sp³-hybridized carbons (Fsp3) is 0.197. The average molecular weight is 868 g/mol. The summed E-state index contributed by atoms with van der Waals surface area (Å²) < 4.78 is 0. The van der Waals surface area contributed by atoms with Crippen LogP contribution in [-0.4, -0.2) is 24.9 Å². The number of aryl methyl sites for hydroxylation is 3. The van der Waals surface area contributed by atoms with Gasteiger partial charge in [-0.25, -0.2) is 9.98 Å². The first-order valence-electron chi connectivity index (χ1n) is 22.8. The molecule has 0 saturated heterocycles. The molecule has 0 heterocycles. The molecule has 7 rings (SSSR count). The van der Waals surface area contributed by atoms with Gasteiger partial charge in [-0.05, 0) is 169 Å². The minimum atomic E-state index is 0.421. The van der Waals surface area contributed by atoms with E-state index in [9.17, 15) is 0 Å². The number of aliphatic imine (C=N–C) groups is 3. The molecular formula is C61H62N3P. The van der Waals surface area contributed by atoms with Gasteiger partial charge in [0.25, 0.3) is 0 Å². The molecule has 0 aliphatic heterocycles. The fourth-order valence-corrected chi connectivity index (χ4v) is 9.14. The molecule has 0 saturated carbocycles. The summed E-state index contributed by atoms with van der Waals surface area (Å²) in [5.41, 5.74) is 18.9. The molecular weight excluding hydrogens is 806 g/mol. The summed E-state index contributed by atoms with van der Waals surface area (Å²) in [5, 5.41) is 3.87. The van der Waals surface area contributed by atoms with Crippen molar-refractivity contribution < 1.29 is 0 Å². The molecule has 0 spiro atoms. The molecule has 4 heteroatoms. The Kier molecular flexibility index (Phi) is 15.3. The zero-order chi connectivity index (χ0) is 46.0. The number of hydrogen-bond donors (Lipinski definition) is 0. The Morgan fingerprint density at radius 2 is 1.54 bits per heavy atom. The maximum Gasteiger partial charge on any atom is 0.161 e. The Morgan fingerprint density at radius 1 is 0.769 bits per heavy atom. The highest BCUT2D eigenvalue weighted by molar-refractivity contribution is 7.28. The summed E-state index contributed by atoms with van der Waals surface area (Å²) in [4.78, 5) is 14.6. The van der Waals surface area contributed by atoms with Gasteiger partial charge in [-0.2, -0.15) is 0 Å². The predicted molar refractivity (Wildman–Crippen MR) is 290 cm³/mol. The maximum atomic E-state index is 5.20. The van der Waals surface area contributed by atoms with Crippen LogP contribution in [0.25, 0.3) is 50.8 Å². The highest BCUT2D eigenvalue weighted by Crippen LogP contribution is 2.38. The summed E-state index contributed by atoms with van der Waals surface area (Å²) in [6.07, 6.45) is 19.8. The smallest absolute Gasteiger partial charge is 0.161 e. The summed E-state index contributed by atoms with van der Waals surface area (Å²) in [5.74, 6) is 1.67. The molecule has 0 N–H and O–H groups in total. The molecule has 2 unspecified atom stereocenters. The Bertz CT molecular complexity index is 3000. The quantitative estimate of drug-likeness (QED) is 0.0509. The Hall–Kier alpha value is -6.54. The molecule has 0 radical (unpaired) electrons. The lowest BCUT2D eigenvalue weighted by atomic mass is 9.83. The van der Waals surface area contributed by atoms with Gasteiger partial charge in [0.05, 0.1) is 6.54 Å². The summed E-state index contributed by atoms with van der Waals surface area (Å²) in [6, 6.07) is 42.0. The van der Waals surface area contributed by atoms with E-state index in [-0.39, 0.29) is 0 Å². The van der Waals surface area contributed by atoms with Gasteiger partial charge in [-0.15, -0.1) is 9.24 Å². The first-order chi connectivity index (χ1) is 31.5. The van der Waals surface area contributed by atoms with Gasteiger partial charge in [0.2, 0.25) is 0 Å². The molecule has 0 bridgehead atoms. The molecule has 0 amide bonds. The SMILES string of the molecule is C=NC(=NC(=NCC(=C/C)/C=C(\C=C\c1cccc(-c2cccc(CC)c2P)c1)c1ccc(-c2cc3c(c4cc(C)ccc24)C=CC(C)C3)cc1)/C(C=C(C)C)=C/C)c1cccc(C)c1. The molecule has 1 aliphatic carbocycles. The second-order valence-electron chi connectivity index (χ2n) is 17.4. The lowest BCUT2D eigenvalue weighted by Gasteiger charge is -2.21. The second kappa shape index (κ2) is 21.4. The topological polar surface area (TPSA) is 37.1 Å². The van der Waals surface area contributed by atoms with Crippen molar-refractivity contribution in [2.24, 2.45) is 20.9 Å². The third-order valence-corrected chi connectivity index (χ3v) is 12.8. The van der Waals surface area contributed by atoms with E-state index in [1.54, 1.807) is 0 Å². The van der Waals surface area contributed by atoms with E-state index in [4.69, 9.17) is 9.98 Å². The van der Waals surface area contributed by atoms with E-state index in [1.165, 1.54) is 60.6 Å². The molecule has 6 aromatic rings. The van der Waals surface area contributed by atoms with Crippen LogP contribution in [0.15, 0.2) is 183 Å². The molecule has 0 fully saturated rings. The van der Waals surface area contributed by atoms with Crippen LogP contribution in [0.5, 0.6) is 0 Å². The van der Waals surface area contributed by atoms with Crippen LogP contribution in [0.1, 0.15) is 86.1 Å². The number of allylic oxidation sites excluding steroid dienone is 6. The van der Waals surface area contributed by atoms with Gasteiger partial charge in [-0.3, -0.25) is 4.99 Å². The number of benzene rings is 6. The number of fused-ring (bicyclic) bond motifs is 3. The van der Waals surface area contributed by atoms with Crippen LogP contribution < -0.4 is 5.30 Å². The first-order valence-corrected chi connectivity index (χ1v) is 23.4. The van der Waals surface area contributed by atoms with Crippen molar-refractivity contribution in [1.82, 2.24) is 0 Å². The molecule has 0 aromatic heterocycles. The minimum Gasteiger partial charge on any atom is -0.261 e. The lowest BCUT2D eigenvalue weighted by Crippen LogP contribution is -2.07. The zero-order valence-corrected chi connectivity index (χ0v) is 40.6. The highest BCUT2D eigenvalue weighted by atomic mass is 31.0. The third-order valence-electron chi connectivity index (χ3n) is 12.1. The minimum absolute atomic E-state index is 0.421. The van der Waals surface area contributed by atoms with E-state index in [2.05, 4.69) is 221 Å². The maximum absolute atomic E-state index is 5.20. The van der Waals surface area contributed by atoms with Crippen LogP contribution in [0, 0.1) is 19.8 Å². The monoisotopic (exact) mass is 867 g/mol. The van der Waals surface area contributed by atoms with Crippen LogP contribution in [-0.2, 0) is 12.8 Å². The highest BCUT2D eigenvalue weighted by Gasteiger charge is 2.17. The second-order valence-corrected chi connectivity index (χ2v) is 18.0. The van der Waals surface area contributed by atoms with Gasteiger partial charge in [-0.1, -0.05) is 170 Å². The number of rotatable bonds is 12. The van der Waals surface area contributed by atoms with Crippen LogP contribution in [0.4, 0.5) is 0 Å². The number of nitrogens with zero attached hydrogens (tertiary/aromatic N) is 3. The normalized spacial score (nSPS) is 14.8. The van der Waals surface area contributed by atoms with Crippen molar-refractivity contribution in [1.29, 1.82) is 0 Å². The van der Waals surface area contributed by atoms with Crippen molar-refractivity contribution in [3.8, 4) is 22.3 Å². The predicted octanol–water partition coefficient (Wildman–Crippen LogP) is 15.6. The largest absolute Gasteiger partial charge is 0.261 e. The van der Waals surface area contributed by atoms with Crippen LogP contribution in [0.3, 0.4) is 0 Å². The fourth-order valence-electron chi connectivity index (χ4n) is 8.58. The van der Waals surface area contributed by atoms with Crippen molar-refractivity contribution in [2.45, 2.75) is 68.2 Å². The number of amidine groups is 2. The van der Waals surface area contributed by atoms with Crippen molar-refractivity contribution in [3.63, 3.8) is 0 Å². The number of hydrogen-bond acceptors (Lipinski definition) is 1. The van der Waals surface area contributed by atoms with E-state index in [1.807, 2.05) is 19.1 Å². The van der Waals surface area contributed by atoms with Crippen molar-refractivity contribution in [3.05, 3.63) is 213 Å². The van der Waals surface area contributed by atoms with E-state index in [0.29, 0.717) is 24.1 Å². The van der Waals surface area contributed by atoms with E-state index < -0.39 is 0 Å². The summed E-state index contributed by atoms with van der Waals surface area (Å²) in [7, 11) is 2.98. The van der Waals surface area contributed by atoms with Gasteiger partial charge < -0.3 is 0 Å². The molecule has 1 aliphatic rings. The Morgan fingerprint density at radius 3 is 2.26 bits per heavy atom. The van der Waals surface area contributed by atoms with Gasteiger partial charge >= 0.3 is 0 Å². The molecule has 326 valence electrons. The average Bonchev–Trinajstić information content (AvgIpc) is 3.31.